The molecule has 0 saturated carbocycles. The standard InChI is InChI=1S/C48H32BN3O/c1-4-16-33(17-5-1)48(34-18-6-2-7-19-34)37-22-10-11-23-39(37)49-40-24-12-13-25-41(40)52(35-20-8-3-9-21-35)46-45(49)38(48)32-43-47(46)53-44-27-15-14-26-42(44)51(43)36-28-30-50-31-29-36/h1-32H. The van der Waals surface area contributed by atoms with E-state index in [1.807, 2.05) is 12.4 Å². The monoisotopic (exact) mass is 677 g/mol. The highest BCUT2D eigenvalue weighted by atomic mass is 16.5. The summed E-state index contributed by atoms with van der Waals surface area (Å²) < 4.78 is 7.23. The molecule has 0 aliphatic carbocycles. The van der Waals surface area contributed by atoms with Gasteiger partial charge in [-0.1, -0.05) is 139 Å². The molecule has 0 saturated heterocycles. The van der Waals surface area contributed by atoms with E-state index in [2.05, 4.69) is 197 Å². The molecule has 0 amide bonds. The van der Waals surface area contributed by atoms with Gasteiger partial charge in [0.25, 0.3) is 0 Å². The number of pyridine rings is 1. The Labute approximate surface area is 309 Å². The number of aromatic nitrogens is 1. The van der Waals surface area contributed by atoms with E-state index in [0.29, 0.717) is 0 Å². The van der Waals surface area contributed by atoms with Crippen molar-refractivity contribution in [2.75, 3.05) is 9.80 Å². The van der Waals surface area contributed by atoms with Crippen molar-refractivity contribution in [2.24, 2.45) is 0 Å². The first-order valence-corrected chi connectivity index (χ1v) is 18.2. The summed E-state index contributed by atoms with van der Waals surface area (Å²) in [4.78, 5) is 9.21. The van der Waals surface area contributed by atoms with E-state index in [0.717, 1.165) is 45.6 Å². The van der Waals surface area contributed by atoms with E-state index in [1.54, 1.807) is 0 Å². The molecule has 8 aromatic rings. The van der Waals surface area contributed by atoms with Crippen LogP contribution in [0.3, 0.4) is 0 Å². The van der Waals surface area contributed by atoms with Crippen LogP contribution in [-0.2, 0) is 5.41 Å². The zero-order chi connectivity index (χ0) is 34.9. The Balaban J connectivity index is 1.38. The maximum atomic E-state index is 7.23. The molecule has 0 spiro atoms. The van der Waals surface area contributed by atoms with Gasteiger partial charge in [-0.05, 0) is 81.7 Å². The maximum Gasteiger partial charge on any atom is 0.247 e. The van der Waals surface area contributed by atoms with Gasteiger partial charge in [-0.25, -0.2) is 0 Å². The van der Waals surface area contributed by atoms with E-state index >= 15 is 0 Å². The van der Waals surface area contributed by atoms with E-state index in [9.17, 15) is 0 Å². The zero-order valence-electron chi connectivity index (χ0n) is 28.8. The van der Waals surface area contributed by atoms with Gasteiger partial charge in [0.1, 0.15) is 0 Å². The normalized spacial score (nSPS) is 14.2. The van der Waals surface area contributed by atoms with Gasteiger partial charge in [0.15, 0.2) is 11.5 Å². The van der Waals surface area contributed by atoms with Crippen LogP contribution in [0, 0.1) is 0 Å². The van der Waals surface area contributed by atoms with Gasteiger partial charge >= 0.3 is 0 Å². The average Bonchev–Trinajstić information content (AvgIpc) is 3.24. The van der Waals surface area contributed by atoms with Crippen molar-refractivity contribution in [1.29, 1.82) is 0 Å². The Kier molecular flexibility index (Phi) is 6.53. The summed E-state index contributed by atoms with van der Waals surface area (Å²) in [5.41, 5.74) is 14.4. The lowest BCUT2D eigenvalue weighted by Crippen LogP contribution is -2.65. The molecular formula is C48H32BN3O. The highest BCUT2D eigenvalue weighted by Crippen LogP contribution is 2.59. The van der Waals surface area contributed by atoms with E-state index in [1.165, 1.54) is 38.6 Å². The minimum Gasteiger partial charge on any atom is -0.451 e. The number of ether oxygens (including phenoxy) is 1. The predicted molar refractivity (Wildman–Crippen MR) is 217 cm³/mol. The molecule has 53 heavy (non-hydrogen) atoms. The molecular weight excluding hydrogens is 645 g/mol. The van der Waals surface area contributed by atoms with Gasteiger partial charge in [-0.15, -0.1) is 0 Å². The quantitative estimate of drug-likeness (QED) is 0.174. The van der Waals surface area contributed by atoms with E-state index < -0.39 is 5.41 Å². The number of anilines is 6. The van der Waals surface area contributed by atoms with Crippen LogP contribution in [-0.4, -0.2) is 11.7 Å². The van der Waals surface area contributed by atoms with Crippen molar-refractivity contribution >= 4 is 57.2 Å². The molecule has 248 valence electrons. The van der Waals surface area contributed by atoms with Crippen LogP contribution in [0.1, 0.15) is 22.3 Å². The largest absolute Gasteiger partial charge is 0.451 e. The predicted octanol–water partition coefficient (Wildman–Crippen LogP) is 9.65. The molecule has 0 unspecified atom stereocenters. The SMILES string of the molecule is c1ccc(N2c3ccccc3B3c4ccccc4C(c4ccccc4)(c4ccccc4)c4cc5c(c2c43)Oc2ccccc2N5c2ccncc2)cc1. The minimum absolute atomic E-state index is 0.0339. The van der Waals surface area contributed by atoms with E-state index in [-0.39, 0.29) is 6.71 Å². The van der Waals surface area contributed by atoms with Crippen molar-refractivity contribution < 1.29 is 4.74 Å². The molecule has 0 radical (unpaired) electrons. The second-order valence-electron chi connectivity index (χ2n) is 13.9. The summed E-state index contributed by atoms with van der Waals surface area (Å²) in [7, 11) is 0. The van der Waals surface area contributed by atoms with Crippen LogP contribution in [0.5, 0.6) is 11.5 Å². The number of benzene rings is 7. The lowest BCUT2D eigenvalue weighted by atomic mass is 9.29. The van der Waals surface area contributed by atoms with Crippen molar-refractivity contribution in [3.63, 3.8) is 0 Å². The molecule has 5 heteroatoms. The summed E-state index contributed by atoms with van der Waals surface area (Å²) in [6.07, 6.45) is 3.74. The number of fused-ring (bicyclic) bond motifs is 7. The molecule has 3 aliphatic heterocycles. The second kappa shape index (κ2) is 11.6. The van der Waals surface area contributed by atoms with Crippen LogP contribution in [0.25, 0.3) is 0 Å². The van der Waals surface area contributed by atoms with Crippen molar-refractivity contribution in [3.05, 3.63) is 217 Å². The van der Waals surface area contributed by atoms with Crippen LogP contribution >= 0.6 is 0 Å². The first-order valence-electron chi connectivity index (χ1n) is 18.2. The Hall–Kier alpha value is -6.85. The minimum atomic E-state index is -0.649. The fraction of sp³-hybridized carbons (Fsp3) is 0.0208. The van der Waals surface area contributed by atoms with Gasteiger partial charge in [0.2, 0.25) is 6.71 Å². The van der Waals surface area contributed by atoms with Gasteiger partial charge in [0, 0.05) is 29.5 Å². The van der Waals surface area contributed by atoms with E-state index in [4.69, 9.17) is 4.74 Å². The van der Waals surface area contributed by atoms with Crippen molar-refractivity contribution in [1.82, 2.24) is 4.98 Å². The lowest BCUT2D eigenvalue weighted by Gasteiger charge is -2.50. The molecule has 1 aromatic heterocycles. The molecule has 0 fully saturated rings. The summed E-state index contributed by atoms with van der Waals surface area (Å²) in [5, 5.41) is 0. The number of rotatable bonds is 4. The Morgan fingerprint density at radius 3 is 1.75 bits per heavy atom. The van der Waals surface area contributed by atoms with Gasteiger partial charge in [-0.3, -0.25) is 4.98 Å². The van der Waals surface area contributed by atoms with Crippen molar-refractivity contribution in [3.8, 4) is 11.5 Å². The van der Waals surface area contributed by atoms with Gasteiger partial charge in [-0.2, -0.15) is 0 Å². The van der Waals surface area contributed by atoms with Crippen molar-refractivity contribution in [2.45, 2.75) is 5.41 Å². The fourth-order valence-electron chi connectivity index (χ4n) is 9.26. The van der Waals surface area contributed by atoms with Crippen LogP contribution in [0.15, 0.2) is 194 Å². The lowest BCUT2D eigenvalue weighted by molar-refractivity contribution is 0.478. The Morgan fingerprint density at radius 1 is 0.472 bits per heavy atom. The highest BCUT2D eigenvalue weighted by Gasteiger charge is 2.53. The second-order valence-corrected chi connectivity index (χ2v) is 13.9. The van der Waals surface area contributed by atoms with Gasteiger partial charge in [0.05, 0.1) is 22.5 Å². The summed E-state index contributed by atoms with van der Waals surface area (Å²) in [6, 6.07) is 65.9. The average molecular weight is 678 g/mol. The zero-order valence-corrected chi connectivity index (χ0v) is 28.8. The maximum absolute atomic E-state index is 7.23. The van der Waals surface area contributed by atoms with Gasteiger partial charge < -0.3 is 14.5 Å². The summed E-state index contributed by atoms with van der Waals surface area (Å²) in [6.45, 7) is -0.0339. The summed E-state index contributed by atoms with van der Waals surface area (Å²) >= 11 is 0. The highest BCUT2D eigenvalue weighted by molar-refractivity contribution is 6.99. The number of hydrogen-bond donors (Lipinski definition) is 0. The third-order valence-electron chi connectivity index (χ3n) is 11.3. The smallest absolute Gasteiger partial charge is 0.247 e. The molecule has 0 atom stereocenters. The summed E-state index contributed by atoms with van der Waals surface area (Å²) in [5.74, 6) is 1.64. The Morgan fingerprint density at radius 2 is 1.04 bits per heavy atom. The van der Waals surface area contributed by atoms with Crippen LogP contribution in [0.4, 0.5) is 34.1 Å². The molecule has 3 aliphatic rings. The number of nitrogens with zero attached hydrogens (tertiary/aromatic N) is 3. The molecule has 11 rings (SSSR count). The third-order valence-corrected chi connectivity index (χ3v) is 11.3. The fourth-order valence-corrected chi connectivity index (χ4v) is 9.26. The topological polar surface area (TPSA) is 28.6 Å². The van der Waals surface area contributed by atoms with Crippen LogP contribution in [0.2, 0.25) is 0 Å². The Bertz CT molecular complexity index is 2630. The molecule has 4 heterocycles. The molecule has 0 bridgehead atoms. The first-order chi connectivity index (χ1) is 26.3. The first kappa shape index (κ1) is 29.8. The third kappa shape index (κ3) is 4.16. The number of hydrogen-bond acceptors (Lipinski definition) is 4. The van der Waals surface area contributed by atoms with Crippen LogP contribution < -0.4 is 30.9 Å². The molecule has 7 aromatic carbocycles. The molecule has 0 N–H and O–H groups in total. The number of para-hydroxylation sites is 4. The molecule has 4 nitrogen and oxygen atoms in total.